The van der Waals surface area contributed by atoms with Crippen molar-refractivity contribution in [3.8, 4) is 0 Å². The van der Waals surface area contributed by atoms with Crippen LogP contribution in [0.3, 0.4) is 0 Å². The maximum Gasteiger partial charge on any atom is 0.110 e. The maximum atomic E-state index is 9.42. The number of nitrogens with zero attached hydrogens (tertiary/aromatic N) is 1. The minimum atomic E-state index is -0.430. The number of pyridine rings is 1. The predicted octanol–water partition coefficient (Wildman–Crippen LogP) is 1.84. The molecule has 76 valence electrons. The van der Waals surface area contributed by atoms with E-state index >= 15 is 0 Å². The first-order valence-corrected chi connectivity index (χ1v) is 5.33. The van der Waals surface area contributed by atoms with Gasteiger partial charge in [-0.15, -0.1) is 0 Å². The fraction of sp³-hybridized carbons (Fsp3) is 0.500. The number of hydrogen-bond donors (Lipinski definition) is 1. The summed E-state index contributed by atoms with van der Waals surface area (Å²) in [5.74, 6) is 0. The third-order valence-electron chi connectivity index (χ3n) is 2.49. The predicted molar refractivity (Wildman–Crippen MR) is 55.9 cm³/mol. The molecule has 0 bridgehead atoms. The average Bonchev–Trinajstić information content (AvgIpc) is 2.48. The van der Waals surface area contributed by atoms with E-state index < -0.39 is 5.60 Å². The van der Waals surface area contributed by atoms with Crippen LogP contribution in [0.4, 0.5) is 0 Å². The first-order valence-electron chi connectivity index (χ1n) is 4.54. The van der Waals surface area contributed by atoms with Crippen molar-refractivity contribution in [1.29, 1.82) is 0 Å². The van der Waals surface area contributed by atoms with Gasteiger partial charge >= 0.3 is 0 Å². The van der Waals surface area contributed by atoms with Crippen molar-refractivity contribution in [2.45, 2.75) is 25.0 Å². The molecule has 2 unspecified atom stereocenters. The normalized spacial score (nSPS) is 32.1. The van der Waals surface area contributed by atoms with Crippen LogP contribution < -0.4 is 0 Å². The average molecular weight is 258 g/mol. The van der Waals surface area contributed by atoms with Gasteiger partial charge in [-0.25, -0.2) is 0 Å². The Labute approximate surface area is 91.2 Å². The second kappa shape index (κ2) is 3.61. The number of hydrogen-bond acceptors (Lipinski definition) is 3. The summed E-state index contributed by atoms with van der Waals surface area (Å²) in [6.07, 6.45) is 1.99. The molecule has 14 heavy (non-hydrogen) atoms. The highest BCUT2D eigenvalue weighted by atomic mass is 79.9. The molecule has 2 heterocycles. The molecule has 2 atom stereocenters. The second-order valence-electron chi connectivity index (χ2n) is 3.76. The van der Waals surface area contributed by atoms with E-state index in [4.69, 9.17) is 4.74 Å². The van der Waals surface area contributed by atoms with Crippen LogP contribution >= 0.6 is 15.9 Å². The van der Waals surface area contributed by atoms with Gasteiger partial charge in [-0.3, -0.25) is 4.98 Å². The minimum Gasteiger partial charge on any atom is -0.391 e. The van der Waals surface area contributed by atoms with E-state index in [-0.39, 0.29) is 6.10 Å². The lowest BCUT2D eigenvalue weighted by Gasteiger charge is -2.21. The zero-order valence-electron chi connectivity index (χ0n) is 7.90. The van der Waals surface area contributed by atoms with Crippen molar-refractivity contribution in [2.24, 2.45) is 0 Å². The molecule has 1 N–H and O–H groups in total. The molecule has 4 heteroatoms. The summed E-state index contributed by atoms with van der Waals surface area (Å²) in [5, 5.41) is 9.42. The topological polar surface area (TPSA) is 42.4 Å². The van der Waals surface area contributed by atoms with E-state index in [1.54, 1.807) is 6.20 Å². The van der Waals surface area contributed by atoms with Crippen molar-refractivity contribution >= 4 is 15.9 Å². The molecule has 0 amide bonds. The van der Waals surface area contributed by atoms with Gasteiger partial charge in [-0.05, 0) is 35.0 Å². The molecular formula is C10H12BrNO2. The number of rotatable bonds is 1. The summed E-state index contributed by atoms with van der Waals surface area (Å²) in [7, 11) is 0. The van der Waals surface area contributed by atoms with Gasteiger partial charge < -0.3 is 9.84 Å². The van der Waals surface area contributed by atoms with Crippen LogP contribution in [-0.2, 0) is 10.3 Å². The monoisotopic (exact) mass is 257 g/mol. The molecule has 0 radical (unpaired) electrons. The lowest BCUT2D eigenvalue weighted by Crippen LogP contribution is -2.22. The molecule has 0 aromatic carbocycles. The highest BCUT2D eigenvalue weighted by molar-refractivity contribution is 9.10. The van der Waals surface area contributed by atoms with Gasteiger partial charge in [0.25, 0.3) is 0 Å². The Balaban J connectivity index is 2.26. The molecule has 1 aliphatic heterocycles. The first kappa shape index (κ1) is 10.1. The molecule has 0 saturated carbocycles. The van der Waals surface area contributed by atoms with Crippen LogP contribution in [0.25, 0.3) is 0 Å². The maximum absolute atomic E-state index is 9.42. The summed E-state index contributed by atoms with van der Waals surface area (Å²) in [6.45, 7) is 2.35. The van der Waals surface area contributed by atoms with Gasteiger partial charge in [0.2, 0.25) is 0 Å². The number of halogens is 1. The van der Waals surface area contributed by atoms with E-state index in [1.165, 1.54) is 0 Å². The highest BCUT2D eigenvalue weighted by Crippen LogP contribution is 2.34. The van der Waals surface area contributed by atoms with E-state index in [0.717, 1.165) is 10.2 Å². The summed E-state index contributed by atoms with van der Waals surface area (Å²) in [5.41, 5.74) is 0.442. The van der Waals surface area contributed by atoms with Gasteiger partial charge in [0.15, 0.2) is 0 Å². The highest BCUT2D eigenvalue weighted by Gasteiger charge is 2.37. The molecular weight excluding hydrogens is 246 g/mol. The SMILES string of the molecule is CC1(c2ccc(Br)cn2)CC(O)CO1. The van der Waals surface area contributed by atoms with Crippen molar-refractivity contribution in [3.63, 3.8) is 0 Å². The van der Waals surface area contributed by atoms with Crippen molar-refractivity contribution in [2.75, 3.05) is 6.61 Å². The van der Waals surface area contributed by atoms with Gasteiger partial charge in [-0.2, -0.15) is 0 Å². The van der Waals surface area contributed by atoms with Crippen molar-refractivity contribution < 1.29 is 9.84 Å². The zero-order chi connectivity index (χ0) is 10.2. The molecule has 1 aromatic heterocycles. The van der Waals surface area contributed by atoms with E-state index in [9.17, 15) is 5.11 Å². The number of aliphatic hydroxyl groups excluding tert-OH is 1. The van der Waals surface area contributed by atoms with Crippen molar-refractivity contribution in [1.82, 2.24) is 4.98 Å². The Morgan fingerprint density at radius 3 is 2.93 bits per heavy atom. The summed E-state index contributed by atoms with van der Waals surface area (Å²) < 4.78 is 6.50. The van der Waals surface area contributed by atoms with Gasteiger partial charge in [0.05, 0.1) is 18.4 Å². The van der Waals surface area contributed by atoms with E-state index in [1.807, 2.05) is 19.1 Å². The van der Waals surface area contributed by atoms with Crippen molar-refractivity contribution in [3.05, 3.63) is 28.5 Å². The molecule has 3 nitrogen and oxygen atoms in total. The van der Waals surface area contributed by atoms with Crippen LogP contribution in [0.2, 0.25) is 0 Å². The van der Waals surface area contributed by atoms with E-state index in [2.05, 4.69) is 20.9 Å². The molecule has 1 saturated heterocycles. The lowest BCUT2D eigenvalue weighted by molar-refractivity contribution is 0.00932. The Morgan fingerprint density at radius 2 is 2.43 bits per heavy atom. The first-order chi connectivity index (χ1) is 6.60. The summed E-state index contributed by atoms with van der Waals surface area (Å²) in [4.78, 5) is 4.28. The number of aliphatic hydroxyl groups is 1. The largest absolute Gasteiger partial charge is 0.391 e. The fourth-order valence-electron chi connectivity index (χ4n) is 1.71. The lowest BCUT2D eigenvalue weighted by atomic mass is 9.97. The van der Waals surface area contributed by atoms with Crippen LogP contribution in [0.5, 0.6) is 0 Å². The smallest absolute Gasteiger partial charge is 0.110 e. The standard InChI is InChI=1S/C10H12BrNO2/c1-10(4-8(13)6-14-10)9-3-2-7(11)5-12-9/h2-3,5,8,13H,4,6H2,1H3. The van der Waals surface area contributed by atoms with Gasteiger partial charge in [0, 0.05) is 17.1 Å². The number of aromatic nitrogens is 1. The van der Waals surface area contributed by atoms with Crippen LogP contribution in [0, 0.1) is 0 Å². The minimum absolute atomic E-state index is 0.370. The van der Waals surface area contributed by atoms with Crippen LogP contribution in [-0.4, -0.2) is 22.8 Å². The van der Waals surface area contributed by atoms with E-state index in [0.29, 0.717) is 13.0 Å². The number of ether oxygens (including phenoxy) is 1. The molecule has 1 aliphatic rings. The quantitative estimate of drug-likeness (QED) is 0.835. The van der Waals surface area contributed by atoms with Crippen LogP contribution in [0.1, 0.15) is 19.0 Å². The van der Waals surface area contributed by atoms with Crippen LogP contribution in [0.15, 0.2) is 22.8 Å². The Hall–Kier alpha value is -0.450. The summed E-state index contributed by atoms with van der Waals surface area (Å²) >= 11 is 3.33. The Kier molecular flexibility index (Phi) is 2.60. The Bertz CT molecular complexity index is 327. The molecule has 1 fully saturated rings. The molecule has 0 aliphatic carbocycles. The molecule has 2 rings (SSSR count). The molecule has 0 spiro atoms. The third-order valence-corrected chi connectivity index (χ3v) is 2.96. The zero-order valence-corrected chi connectivity index (χ0v) is 9.49. The van der Waals surface area contributed by atoms with Gasteiger partial charge in [-0.1, -0.05) is 0 Å². The third kappa shape index (κ3) is 1.82. The summed E-state index contributed by atoms with van der Waals surface area (Å²) in [6, 6.07) is 3.85. The second-order valence-corrected chi connectivity index (χ2v) is 4.68. The van der Waals surface area contributed by atoms with Gasteiger partial charge in [0.1, 0.15) is 5.60 Å². The Morgan fingerprint density at radius 1 is 1.64 bits per heavy atom. The fourth-order valence-corrected chi connectivity index (χ4v) is 1.95. The molecule has 1 aromatic rings.